The summed E-state index contributed by atoms with van der Waals surface area (Å²) in [5.41, 5.74) is 1.17. The van der Waals surface area contributed by atoms with Crippen molar-refractivity contribution in [3.05, 3.63) is 29.8 Å². The standard InChI is InChI=1S/C15H27N3O2S/c1-16-11-5-6-14-7-9-15(10-8-14)21(19,20)18(4)13-12-17(2)3/h7-10,16H,5-6,11-13H2,1-4H3. The molecule has 0 aliphatic carbocycles. The molecular weight excluding hydrogens is 286 g/mol. The molecule has 0 amide bonds. The van der Waals surface area contributed by atoms with E-state index < -0.39 is 10.0 Å². The van der Waals surface area contributed by atoms with Crippen molar-refractivity contribution in [2.75, 3.05) is 47.8 Å². The van der Waals surface area contributed by atoms with E-state index in [1.165, 1.54) is 9.87 Å². The third-order valence-corrected chi connectivity index (χ3v) is 5.26. The minimum atomic E-state index is -3.38. The third-order valence-electron chi connectivity index (χ3n) is 3.39. The molecular formula is C15H27N3O2S. The van der Waals surface area contributed by atoms with E-state index in [4.69, 9.17) is 0 Å². The van der Waals surface area contributed by atoms with Gasteiger partial charge in [-0.25, -0.2) is 8.42 Å². The van der Waals surface area contributed by atoms with Gasteiger partial charge in [-0.05, 0) is 58.2 Å². The van der Waals surface area contributed by atoms with Crippen LogP contribution in [-0.4, -0.2) is 65.4 Å². The van der Waals surface area contributed by atoms with Crippen molar-refractivity contribution >= 4 is 10.0 Å². The molecule has 1 rings (SSSR count). The number of nitrogens with one attached hydrogen (secondary N) is 1. The van der Waals surface area contributed by atoms with Crippen LogP contribution in [0.4, 0.5) is 0 Å². The molecule has 0 radical (unpaired) electrons. The minimum Gasteiger partial charge on any atom is -0.320 e. The molecule has 0 aliphatic heterocycles. The fraction of sp³-hybridized carbons (Fsp3) is 0.600. The van der Waals surface area contributed by atoms with Crippen LogP contribution in [0, 0.1) is 0 Å². The van der Waals surface area contributed by atoms with Crippen LogP contribution in [0.2, 0.25) is 0 Å². The lowest BCUT2D eigenvalue weighted by atomic mass is 10.1. The van der Waals surface area contributed by atoms with E-state index in [0.29, 0.717) is 18.0 Å². The molecule has 1 aromatic rings. The van der Waals surface area contributed by atoms with Gasteiger partial charge in [0.2, 0.25) is 10.0 Å². The average Bonchev–Trinajstić information content (AvgIpc) is 2.45. The lowest BCUT2D eigenvalue weighted by molar-refractivity contribution is 0.358. The van der Waals surface area contributed by atoms with Gasteiger partial charge in [0.15, 0.2) is 0 Å². The van der Waals surface area contributed by atoms with Crippen molar-refractivity contribution in [1.82, 2.24) is 14.5 Å². The number of nitrogens with zero attached hydrogens (tertiary/aromatic N) is 2. The predicted octanol–water partition coefficient (Wildman–Crippen LogP) is 1.02. The van der Waals surface area contributed by atoms with Gasteiger partial charge in [0.05, 0.1) is 4.90 Å². The molecule has 0 heterocycles. The van der Waals surface area contributed by atoms with Gasteiger partial charge in [-0.15, -0.1) is 0 Å². The van der Waals surface area contributed by atoms with Crippen molar-refractivity contribution in [3.63, 3.8) is 0 Å². The Bertz CT molecular complexity index is 512. The highest BCUT2D eigenvalue weighted by molar-refractivity contribution is 7.89. The van der Waals surface area contributed by atoms with Crippen LogP contribution in [0.25, 0.3) is 0 Å². The van der Waals surface area contributed by atoms with Gasteiger partial charge in [0.25, 0.3) is 0 Å². The highest BCUT2D eigenvalue weighted by Crippen LogP contribution is 2.15. The zero-order valence-electron chi connectivity index (χ0n) is 13.5. The Labute approximate surface area is 129 Å². The monoisotopic (exact) mass is 313 g/mol. The van der Waals surface area contributed by atoms with E-state index in [1.807, 2.05) is 38.2 Å². The van der Waals surface area contributed by atoms with Gasteiger partial charge in [-0.2, -0.15) is 4.31 Å². The molecule has 0 unspecified atom stereocenters. The molecule has 1 N–H and O–H groups in total. The first-order valence-corrected chi connectivity index (χ1v) is 8.66. The Morgan fingerprint density at radius 3 is 2.19 bits per heavy atom. The number of hydrogen-bond donors (Lipinski definition) is 1. The van der Waals surface area contributed by atoms with Crippen LogP contribution in [0.3, 0.4) is 0 Å². The first-order chi connectivity index (χ1) is 9.87. The summed E-state index contributed by atoms with van der Waals surface area (Å²) >= 11 is 0. The number of aryl methyl sites for hydroxylation is 1. The summed E-state index contributed by atoms with van der Waals surface area (Å²) < 4.78 is 26.2. The van der Waals surface area contributed by atoms with Crippen LogP contribution in [-0.2, 0) is 16.4 Å². The lowest BCUT2D eigenvalue weighted by Crippen LogP contribution is -2.33. The molecule has 0 saturated heterocycles. The van der Waals surface area contributed by atoms with Crippen LogP contribution in [0.5, 0.6) is 0 Å². The predicted molar refractivity (Wildman–Crippen MR) is 87.1 cm³/mol. The Morgan fingerprint density at radius 2 is 1.67 bits per heavy atom. The van der Waals surface area contributed by atoms with Gasteiger partial charge >= 0.3 is 0 Å². The van der Waals surface area contributed by atoms with Crippen molar-refractivity contribution in [3.8, 4) is 0 Å². The van der Waals surface area contributed by atoms with E-state index in [-0.39, 0.29) is 0 Å². The number of benzene rings is 1. The molecule has 0 aromatic heterocycles. The van der Waals surface area contributed by atoms with E-state index in [0.717, 1.165) is 19.4 Å². The largest absolute Gasteiger partial charge is 0.320 e. The second-order valence-electron chi connectivity index (χ2n) is 5.48. The molecule has 0 atom stereocenters. The maximum atomic E-state index is 12.4. The van der Waals surface area contributed by atoms with Crippen LogP contribution in [0.1, 0.15) is 12.0 Å². The summed E-state index contributed by atoms with van der Waals surface area (Å²) in [6.45, 7) is 2.16. The third kappa shape index (κ3) is 5.74. The second kappa shape index (κ2) is 8.48. The highest BCUT2D eigenvalue weighted by atomic mass is 32.2. The first-order valence-electron chi connectivity index (χ1n) is 7.22. The van der Waals surface area contributed by atoms with Gasteiger partial charge in [-0.3, -0.25) is 0 Å². The number of rotatable bonds is 9. The van der Waals surface area contributed by atoms with Gasteiger partial charge in [-0.1, -0.05) is 12.1 Å². The van der Waals surface area contributed by atoms with E-state index in [1.54, 1.807) is 19.2 Å². The van der Waals surface area contributed by atoms with Crippen molar-refractivity contribution in [2.24, 2.45) is 0 Å². The number of sulfonamides is 1. The molecule has 21 heavy (non-hydrogen) atoms. The molecule has 120 valence electrons. The van der Waals surface area contributed by atoms with E-state index in [2.05, 4.69) is 5.32 Å². The summed E-state index contributed by atoms with van der Waals surface area (Å²) in [5, 5.41) is 3.11. The Balaban J connectivity index is 2.70. The average molecular weight is 313 g/mol. The molecule has 0 saturated carbocycles. The molecule has 0 spiro atoms. The topological polar surface area (TPSA) is 52.7 Å². The quantitative estimate of drug-likeness (QED) is 0.692. The van der Waals surface area contributed by atoms with Crippen molar-refractivity contribution in [1.29, 1.82) is 0 Å². The fourth-order valence-corrected chi connectivity index (χ4v) is 3.10. The van der Waals surface area contributed by atoms with E-state index >= 15 is 0 Å². The van der Waals surface area contributed by atoms with Crippen molar-refractivity contribution in [2.45, 2.75) is 17.7 Å². The first kappa shape index (κ1) is 18.1. The zero-order chi connectivity index (χ0) is 15.9. The van der Waals surface area contributed by atoms with Crippen LogP contribution >= 0.6 is 0 Å². The SMILES string of the molecule is CNCCCc1ccc(S(=O)(=O)N(C)CCN(C)C)cc1. The number of likely N-dealkylation sites (N-methyl/N-ethyl adjacent to an activating group) is 2. The molecule has 0 fully saturated rings. The lowest BCUT2D eigenvalue weighted by Gasteiger charge is -2.19. The molecule has 5 nitrogen and oxygen atoms in total. The number of hydrogen-bond acceptors (Lipinski definition) is 4. The molecule has 0 bridgehead atoms. The summed E-state index contributed by atoms with van der Waals surface area (Å²) in [6, 6.07) is 7.22. The Hall–Kier alpha value is -0.950. The molecule has 0 aliphatic rings. The van der Waals surface area contributed by atoms with Crippen LogP contribution < -0.4 is 5.32 Å². The maximum Gasteiger partial charge on any atom is 0.242 e. The fourth-order valence-electron chi connectivity index (χ4n) is 1.94. The summed E-state index contributed by atoms with van der Waals surface area (Å²) in [6.07, 6.45) is 2.00. The smallest absolute Gasteiger partial charge is 0.242 e. The zero-order valence-corrected chi connectivity index (χ0v) is 14.3. The molecule has 1 aromatic carbocycles. The Morgan fingerprint density at radius 1 is 1.05 bits per heavy atom. The summed E-state index contributed by atoms with van der Waals surface area (Å²) in [7, 11) is 4.03. The van der Waals surface area contributed by atoms with E-state index in [9.17, 15) is 8.42 Å². The van der Waals surface area contributed by atoms with Gasteiger partial charge in [0.1, 0.15) is 0 Å². The van der Waals surface area contributed by atoms with Crippen LogP contribution in [0.15, 0.2) is 29.2 Å². The summed E-state index contributed by atoms with van der Waals surface area (Å²) in [5.74, 6) is 0. The van der Waals surface area contributed by atoms with Gasteiger partial charge in [0, 0.05) is 20.1 Å². The minimum absolute atomic E-state index is 0.362. The second-order valence-corrected chi connectivity index (χ2v) is 7.53. The van der Waals surface area contributed by atoms with Gasteiger partial charge < -0.3 is 10.2 Å². The molecule has 6 heteroatoms. The summed E-state index contributed by atoms with van der Waals surface area (Å²) in [4.78, 5) is 2.33. The maximum absolute atomic E-state index is 12.4. The Kier molecular flexibility index (Phi) is 7.31. The normalized spacial score (nSPS) is 12.3. The highest BCUT2D eigenvalue weighted by Gasteiger charge is 2.20. The van der Waals surface area contributed by atoms with Crippen molar-refractivity contribution < 1.29 is 8.42 Å².